The zero-order valence-corrected chi connectivity index (χ0v) is 15.3. The van der Waals surface area contributed by atoms with Gasteiger partial charge < -0.3 is 4.74 Å². The zero-order chi connectivity index (χ0) is 15.6. The molecule has 0 aromatic carbocycles. The van der Waals surface area contributed by atoms with Crippen molar-refractivity contribution >= 4 is 0 Å². The van der Waals surface area contributed by atoms with Gasteiger partial charge in [-0.15, -0.1) is 0 Å². The summed E-state index contributed by atoms with van der Waals surface area (Å²) in [4.78, 5) is 0. The van der Waals surface area contributed by atoms with Crippen LogP contribution in [0.2, 0.25) is 0 Å². The smallest absolute Gasteiger partial charge is 0.0571 e. The fourth-order valence-electron chi connectivity index (χ4n) is 3.04. The molecule has 1 nitrogen and oxygen atoms in total. The molecule has 0 aliphatic carbocycles. The summed E-state index contributed by atoms with van der Waals surface area (Å²) in [7, 11) is 1.90. The van der Waals surface area contributed by atoms with Crippen molar-refractivity contribution < 1.29 is 4.74 Å². The number of methoxy groups -OCH3 is 1. The molecule has 0 heterocycles. The van der Waals surface area contributed by atoms with Crippen molar-refractivity contribution in [3.8, 4) is 0 Å². The van der Waals surface area contributed by atoms with Crippen LogP contribution in [0.25, 0.3) is 0 Å². The van der Waals surface area contributed by atoms with E-state index in [-0.39, 0.29) is 0 Å². The maximum atomic E-state index is 5.64. The molecule has 0 aliphatic heterocycles. The van der Waals surface area contributed by atoms with Crippen LogP contribution in [-0.4, -0.2) is 13.2 Å². The second-order valence-electron chi connectivity index (χ2n) is 6.68. The lowest BCUT2D eigenvalue weighted by Crippen LogP contribution is -2.10. The molecule has 0 bridgehead atoms. The fourth-order valence-corrected chi connectivity index (χ4v) is 3.04. The first-order valence-electron chi connectivity index (χ1n) is 9.87. The van der Waals surface area contributed by atoms with Gasteiger partial charge in [0, 0.05) is 7.11 Å². The normalized spacial score (nSPS) is 12.7. The second-order valence-corrected chi connectivity index (χ2v) is 6.68. The largest absolute Gasteiger partial charge is 0.381 e. The van der Waals surface area contributed by atoms with E-state index in [1.165, 1.54) is 103 Å². The van der Waals surface area contributed by atoms with Gasteiger partial charge in [-0.3, -0.25) is 0 Å². The molecular weight excluding hydrogens is 256 g/mol. The lowest BCUT2D eigenvalue weighted by atomic mass is 10.0. The van der Waals surface area contributed by atoms with Crippen LogP contribution in [-0.2, 0) is 4.74 Å². The van der Waals surface area contributed by atoms with E-state index in [2.05, 4.69) is 13.8 Å². The minimum Gasteiger partial charge on any atom is -0.381 e. The van der Waals surface area contributed by atoms with Crippen LogP contribution in [0.5, 0.6) is 0 Å². The van der Waals surface area contributed by atoms with E-state index in [1.54, 1.807) is 0 Å². The molecule has 0 amide bonds. The third kappa shape index (κ3) is 16.2. The molecule has 0 aromatic rings. The van der Waals surface area contributed by atoms with E-state index in [9.17, 15) is 0 Å². The SMILES string of the molecule is CCCCCCCCCCC(CCCCCCCC)OC. The average Bonchev–Trinajstić information content (AvgIpc) is 2.51. The summed E-state index contributed by atoms with van der Waals surface area (Å²) in [6.45, 7) is 4.57. The third-order valence-corrected chi connectivity index (χ3v) is 4.59. The van der Waals surface area contributed by atoms with Crippen molar-refractivity contribution in [3.05, 3.63) is 0 Å². The van der Waals surface area contributed by atoms with Crippen molar-refractivity contribution in [1.82, 2.24) is 0 Å². The van der Waals surface area contributed by atoms with E-state index in [0.29, 0.717) is 6.10 Å². The number of hydrogen-bond donors (Lipinski definition) is 0. The van der Waals surface area contributed by atoms with E-state index in [4.69, 9.17) is 4.74 Å². The van der Waals surface area contributed by atoms with E-state index < -0.39 is 0 Å². The molecule has 0 saturated heterocycles. The predicted molar refractivity (Wildman–Crippen MR) is 96.0 cm³/mol. The Morgan fingerprint density at radius 1 is 0.524 bits per heavy atom. The van der Waals surface area contributed by atoms with Gasteiger partial charge in [0.15, 0.2) is 0 Å². The quantitative estimate of drug-likeness (QED) is 0.256. The topological polar surface area (TPSA) is 9.23 Å². The molecule has 0 N–H and O–H groups in total. The van der Waals surface area contributed by atoms with Gasteiger partial charge in [0.2, 0.25) is 0 Å². The third-order valence-electron chi connectivity index (χ3n) is 4.59. The lowest BCUT2D eigenvalue weighted by Gasteiger charge is -2.15. The van der Waals surface area contributed by atoms with Gasteiger partial charge in [-0.05, 0) is 12.8 Å². The van der Waals surface area contributed by atoms with Gasteiger partial charge in [0.05, 0.1) is 6.10 Å². The molecular formula is C20H42O. The summed E-state index contributed by atoms with van der Waals surface area (Å²) in [6, 6.07) is 0. The van der Waals surface area contributed by atoms with Crippen molar-refractivity contribution in [2.24, 2.45) is 0 Å². The van der Waals surface area contributed by atoms with Crippen molar-refractivity contribution in [2.75, 3.05) is 7.11 Å². The van der Waals surface area contributed by atoms with Crippen LogP contribution in [0.4, 0.5) is 0 Å². The Bertz CT molecular complexity index is 179. The number of unbranched alkanes of at least 4 members (excludes halogenated alkanes) is 12. The van der Waals surface area contributed by atoms with E-state index in [0.717, 1.165) is 0 Å². The van der Waals surface area contributed by atoms with Gasteiger partial charge >= 0.3 is 0 Å². The number of ether oxygens (including phenoxy) is 1. The Morgan fingerprint density at radius 2 is 0.857 bits per heavy atom. The maximum Gasteiger partial charge on any atom is 0.0571 e. The highest BCUT2D eigenvalue weighted by atomic mass is 16.5. The molecule has 1 unspecified atom stereocenters. The molecule has 1 atom stereocenters. The first-order valence-corrected chi connectivity index (χ1v) is 9.87. The highest BCUT2D eigenvalue weighted by Crippen LogP contribution is 2.16. The molecule has 128 valence electrons. The first kappa shape index (κ1) is 21.0. The van der Waals surface area contributed by atoms with Crippen molar-refractivity contribution in [1.29, 1.82) is 0 Å². The monoisotopic (exact) mass is 298 g/mol. The van der Waals surface area contributed by atoms with Crippen LogP contribution in [0, 0.1) is 0 Å². The van der Waals surface area contributed by atoms with Gasteiger partial charge in [-0.25, -0.2) is 0 Å². The summed E-state index contributed by atoms with van der Waals surface area (Å²) in [6.07, 6.45) is 22.7. The standard InChI is InChI=1S/C20H42O/c1-4-6-8-10-12-13-15-17-19-20(21-3)18-16-14-11-9-7-5-2/h20H,4-19H2,1-3H3. The molecule has 1 heteroatoms. The fraction of sp³-hybridized carbons (Fsp3) is 1.00. The minimum absolute atomic E-state index is 0.524. The Labute approximate surface area is 135 Å². The van der Waals surface area contributed by atoms with Crippen molar-refractivity contribution in [2.45, 2.75) is 123 Å². The van der Waals surface area contributed by atoms with E-state index in [1.807, 2.05) is 7.11 Å². The second kappa shape index (κ2) is 18.0. The van der Waals surface area contributed by atoms with Crippen molar-refractivity contribution in [3.63, 3.8) is 0 Å². The Kier molecular flexibility index (Phi) is 18.0. The number of rotatable bonds is 17. The van der Waals surface area contributed by atoms with Gasteiger partial charge in [-0.1, -0.05) is 104 Å². The molecule has 0 rings (SSSR count). The Morgan fingerprint density at radius 3 is 1.19 bits per heavy atom. The van der Waals surface area contributed by atoms with Gasteiger partial charge in [0.1, 0.15) is 0 Å². The molecule has 21 heavy (non-hydrogen) atoms. The highest BCUT2D eigenvalue weighted by Gasteiger charge is 2.06. The Balaban J connectivity index is 3.28. The van der Waals surface area contributed by atoms with Gasteiger partial charge in [0.25, 0.3) is 0 Å². The summed E-state index contributed by atoms with van der Waals surface area (Å²) in [5.74, 6) is 0. The lowest BCUT2D eigenvalue weighted by molar-refractivity contribution is 0.0831. The molecule has 0 saturated carbocycles. The molecule has 0 aliphatic rings. The van der Waals surface area contributed by atoms with Crippen LogP contribution in [0.3, 0.4) is 0 Å². The Hall–Kier alpha value is -0.0400. The molecule has 0 radical (unpaired) electrons. The first-order chi connectivity index (χ1) is 10.3. The summed E-state index contributed by atoms with van der Waals surface area (Å²) >= 11 is 0. The molecule has 0 aromatic heterocycles. The van der Waals surface area contributed by atoms with Crippen LogP contribution in [0.15, 0.2) is 0 Å². The van der Waals surface area contributed by atoms with Crippen LogP contribution >= 0.6 is 0 Å². The summed E-state index contributed by atoms with van der Waals surface area (Å²) in [5.41, 5.74) is 0. The molecule has 0 spiro atoms. The minimum atomic E-state index is 0.524. The highest BCUT2D eigenvalue weighted by molar-refractivity contribution is 4.59. The molecule has 0 fully saturated rings. The predicted octanol–water partition coefficient (Wildman–Crippen LogP) is 7.28. The van der Waals surface area contributed by atoms with Crippen LogP contribution in [0.1, 0.15) is 117 Å². The van der Waals surface area contributed by atoms with Gasteiger partial charge in [-0.2, -0.15) is 0 Å². The maximum absolute atomic E-state index is 5.64. The summed E-state index contributed by atoms with van der Waals surface area (Å²) in [5, 5.41) is 0. The van der Waals surface area contributed by atoms with Crippen LogP contribution < -0.4 is 0 Å². The summed E-state index contributed by atoms with van der Waals surface area (Å²) < 4.78 is 5.64. The number of hydrogen-bond acceptors (Lipinski definition) is 1. The average molecular weight is 299 g/mol. The zero-order valence-electron chi connectivity index (χ0n) is 15.3. The van der Waals surface area contributed by atoms with E-state index >= 15 is 0 Å².